The number of ether oxygens (including phenoxy) is 1. The Balaban J connectivity index is 2.03. The molecule has 2 aromatic carbocycles. The third-order valence-corrected chi connectivity index (χ3v) is 7.41. The molecule has 26 heavy (non-hydrogen) atoms. The highest BCUT2D eigenvalue weighted by Gasteiger charge is 2.38. The van der Waals surface area contributed by atoms with E-state index >= 15 is 0 Å². The molecule has 0 fully saturated rings. The molecule has 9 heteroatoms. The maximum atomic E-state index is 11.2. The van der Waals surface area contributed by atoms with Crippen LogP contribution >= 0.6 is 7.60 Å². The van der Waals surface area contributed by atoms with Crippen molar-refractivity contribution in [2.75, 3.05) is 0 Å². The third kappa shape index (κ3) is 5.93. The lowest BCUT2D eigenvalue weighted by Crippen LogP contribution is -2.20. The van der Waals surface area contributed by atoms with E-state index in [-0.39, 0.29) is 12.8 Å². The molecule has 7 nitrogen and oxygen atoms in total. The Hall–Kier alpha value is -1.70. The van der Waals surface area contributed by atoms with E-state index in [4.69, 9.17) is 19.1 Å². The number of hydrogen-bond donors (Lipinski definition) is 3. The molecule has 1 unspecified atom stereocenters. The average Bonchev–Trinajstić information content (AvgIpc) is 2.52. The fraction of sp³-hybridized carbons (Fsp3) is 0.294. The van der Waals surface area contributed by atoms with Crippen LogP contribution in [0.4, 0.5) is 0 Å². The zero-order valence-corrected chi connectivity index (χ0v) is 15.9. The van der Waals surface area contributed by atoms with Gasteiger partial charge in [0, 0.05) is 0 Å². The van der Waals surface area contributed by atoms with Gasteiger partial charge in [-0.1, -0.05) is 30.3 Å². The van der Waals surface area contributed by atoms with Crippen LogP contribution in [-0.2, 0) is 21.1 Å². The van der Waals surface area contributed by atoms with Gasteiger partial charge in [0.05, 0.1) is 0 Å². The lowest BCUT2D eigenvalue weighted by atomic mass is 10.1. The van der Waals surface area contributed by atoms with Gasteiger partial charge in [0.1, 0.15) is 11.5 Å². The van der Waals surface area contributed by atoms with Crippen LogP contribution in [-0.4, -0.2) is 27.7 Å². The highest BCUT2D eigenvalue weighted by Crippen LogP contribution is 2.46. The van der Waals surface area contributed by atoms with Crippen molar-refractivity contribution in [3.05, 3.63) is 59.7 Å². The van der Waals surface area contributed by atoms with Crippen LogP contribution in [0.2, 0.25) is 0 Å². The van der Waals surface area contributed by atoms with E-state index in [1.807, 2.05) is 37.3 Å². The van der Waals surface area contributed by atoms with Crippen molar-refractivity contribution in [3.8, 4) is 11.5 Å². The maximum absolute atomic E-state index is 11.2. The predicted molar refractivity (Wildman–Crippen MR) is 98.0 cm³/mol. The van der Waals surface area contributed by atoms with Crippen LogP contribution in [0.5, 0.6) is 11.5 Å². The molecule has 0 bridgehead atoms. The molecule has 0 aliphatic heterocycles. The second-order valence-corrected chi connectivity index (χ2v) is 9.72. The van der Waals surface area contributed by atoms with Crippen LogP contribution in [0.3, 0.4) is 0 Å². The molecule has 0 aliphatic carbocycles. The monoisotopic (exact) mass is 400 g/mol. The van der Waals surface area contributed by atoms with Crippen molar-refractivity contribution in [1.29, 1.82) is 0 Å². The summed E-state index contributed by atoms with van der Waals surface area (Å²) in [6.45, 7) is 1.93. The molecule has 0 spiro atoms. The predicted octanol–water partition coefficient (Wildman–Crippen LogP) is 3.50. The Labute approximate surface area is 152 Å². The number of hydrogen-bond acceptors (Lipinski definition) is 4. The van der Waals surface area contributed by atoms with E-state index in [1.165, 1.54) is 0 Å². The van der Waals surface area contributed by atoms with Crippen molar-refractivity contribution in [2.24, 2.45) is 0 Å². The van der Waals surface area contributed by atoms with Crippen molar-refractivity contribution < 1.29 is 32.1 Å². The van der Waals surface area contributed by atoms with Crippen molar-refractivity contribution in [2.45, 2.75) is 31.2 Å². The van der Waals surface area contributed by atoms with Gasteiger partial charge in [-0.2, -0.15) is 8.42 Å². The normalized spacial score (nSPS) is 13.4. The molecule has 1 atom stereocenters. The van der Waals surface area contributed by atoms with Crippen LogP contribution < -0.4 is 4.74 Å². The molecule has 3 N–H and O–H groups in total. The standard InChI is InChI=1S/C17H21O7PS/c1-13-6-2-3-10-16(13)24-15-9-4-7-14(12-15)8-5-11-17(25(18,19)20)26(21,22)23/h2-4,6-7,9-10,12,17H,5,8,11H2,1H3,(H2,18,19,20)(H,21,22,23). The Morgan fingerprint density at radius 3 is 2.42 bits per heavy atom. The van der Waals surface area contributed by atoms with E-state index in [0.29, 0.717) is 12.2 Å². The number of benzene rings is 2. The molecular formula is C17H21O7PS. The van der Waals surface area contributed by atoms with Crippen molar-refractivity contribution in [1.82, 2.24) is 0 Å². The quantitative estimate of drug-likeness (QED) is 0.458. The Kier molecular flexibility index (Phi) is 6.60. The van der Waals surface area contributed by atoms with Gasteiger partial charge in [-0.25, -0.2) is 0 Å². The Morgan fingerprint density at radius 1 is 1.12 bits per heavy atom. The largest absolute Gasteiger partial charge is 0.457 e. The minimum atomic E-state index is -4.94. The Morgan fingerprint density at radius 2 is 1.81 bits per heavy atom. The molecule has 0 aromatic heterocycles. The topological polar surface area (TPSA) is 121 Å². The molecule has 0 saturated carbocycles. The fourth-order valence-electron chi connectivity index (χ4n) is 2.53. The molecule has 0 amide bonds. The van der Waals surface area contributed by atoms with Crippen molar-refractivity contribution >= 4 is 17.7 Å². The summed E-state index contributed by atoms with van der Waals surface area (Å²) in [5, 5.41) is 0. The van der Waals surface area contributed by atoms with Crippen LogP contribution in [0, 0.1) is 6.92 Å². The third-order valence-electron chi connectivity index (χ3n) is 3.86. The first-order valence-corrected chi connectivity index (χ1v) is 11.1. The molecule has 0 saturated heterocycles. The summed E-state index contributed by atoms with van der Waals surface area (Å²) >= 11 is 0. The molecule has 0 heterocycles. The molecule has 2 rings (SSSR count). The summed E-state index contributed by atoms with van der Waals surface area (Å²) in [6, 6.07) is 14.7. The van der Waals surface area contributed by atoms with Crippen LogP contribution in [0.1, 0.15) is 24.0 Å². The van der Waals surface area contributed by atoms with Gasteiger partial charge in [0.15, 0.2) is 4.99 Å². The fourth-order valence-corrected chi connectivity index (χ4v) is 4.91. The highest BCUT2D eigenvalue weighted by atomic mass is 32.2. The minimum Gasteiger partial charge on any atom is -0.457 e. The van der Waals surface area contributed by atoms with Gasteiger partial charge in [0.25, 0.3) is 10.1 Å². The first-order chi connectivity index (χ1) is 12.1. The molecule has 0 radical (unpaired) electrons. The summed E-state index contributed by atoms with van der Waals surface area (Å²) < 4.78 is 48.4. The van der Waals surface area contributed by atoms with Gasteiger partial charge >= 0.3 is 7.60 Å². The van der Waals surface area contributed by atoms with E-state index in [1.54, 1.807) is 18.2 Å². The van der Waals surface area contributed by atoms with Gasteiger partial charge in [-0.3, -0.25) is 9.12 Å². The maximum Gasteiger partial charge on any atom is 0.346 e. The first kappa shape index (κ1) is 20.6. The van der Waals surface area contributed by atoms with Gasteiger partial charge in [-0.05, 0) is 55.5 Å². The minimum absolute atomic E-state index is 0.184. The molecule has 142 valence electrons. The lowest BCUT2D eigenvalue weighted by molar-refractivity contribution is 0.360. The Bertz CT molecular complexity index is 905. The SMILES string of the molecule is Cc1ccccc1Oc1cccc(CCCC(P(=O)(O)O)S(=O)(=O)O)c1. The summed E-state index contributed by atoms with van der Waals surface area (Å²) in [7, 11) is -9.76. The smallest absolute Gasteiger partial charge is 0.346 e. The van der Waals surface area contributed by atoms with E-state index < -0.39 is 22.7 Å². The van der Waals surface area contributed by atoms with Crippen LogP contribution in [0.25, 0.3) is 0 Å². The average molecular weight is 400 g/mol. The zero-order valence-electron chi connectivity index (χ0n) is 14.1. The van der Waals surface area contributed by atoms with Gasteiger partial charge in [0.2, 0.25) is 0 Å². The van der Waals surface area contributed by atoms with E-state index in [0.717, 1.165) is 16.9 Å². The molecular weight excluding hydrogens is 379 g/mol. The molecule has 2 aromatic rings. The zero-order chi connectivity index (χ0) is 19.4. The number of aryl methyl sites for hydroxylation is 2. The second kappa shape index (κ2) is 8.33. The second-order valence-electron chi connectivity index (χ2n) is 5.97. The highest BCUT2D eigenvalue weighted by molar-refractivity contribution is 7.93. The van der Waals surface area contributed by atoms with Gasteiger partial charge in [-0.15, -0.1) is 0 Å². The van der Waals surface area contributed by atoms with Gasteiger partial charge < -0.3 is 14.5 Å². The number of rotatable bonds is 8. The van der Waals surface area contributed by atoms with E-state index in [9.17, 15) is 13.0 Å². The summed E-state index contributed by atoms with van der Waals surface area (Å²) in [5.74, 6) is 1.33. The summed E-state index contributed by atoms with van der Waals surface area (Å²) in [5.41, 5.74) is 1.81. The number of para-hydroxylation sites is 1. The lowest BCUT2D eigenvalue weighted by Gasteiger charge is -2.15. The van der Waals surface area contributed by atoms with Crippen molar-refractivity contribution in [3.63, 3.8) is 0 Å². The summed E-state index contributed by atoms with van der Waals surface area (Å²) in [6.07, 6.45) is 0.229. The first-order valence-electron chi connectivity index (χ1n) is 7.91. The van der Waals surface area contributed by atoms with Crippen LogP contribution in [0.15, 0.2) is 48.5 Å². The summed E-state index contributed by atoms with van der Waals surface area (Å²) in [4.78, 5) is 16.1. The molecule has 0 aliphatic rings. The van der Waals surface area contributed by atoms with E-state index in [2.05, 4.69) is 0 Å².